The number of piperazine rings is 1. The summed E-state index contributed by atoms with van der Waals surface area (Å²) in [5, 5.41) is 1.17. The SMILES string of the molecule is Cc1nc(CN2CCN(C(=O)c3ccccc3Br)CC2)sc1C. The highest BCUT2D eigenvalue weighted by Gasteiger charge is 2.23. The third kappa shape index (κ3) is 3.82. The molecule has 1 fully saturated rings. The average molecular weight is 394 g/mol. The molecule has 0 bridgehead atoms. The van der Waals surface area contributed by atoms with Crippen LogP contribution < -0.4 is 0 Å². The van der Waals surface area contributed by atoms with Gasteiger partial charge in [-0.05, 0) is 41.9 Å². The molecule has 1 amide bonds. The molecule has 0 N–H and O–H groups in total. The summed E-state index contributed by atoms with van der Waals surface area (Å²) >= 11 is 5.24. The first-order valence-electron chi connectivity index (χ1n) is 7.73. The van der Waals surface area contributed by atoms with Gasteiger partial charge in [0.15, 0.2) is 0 Å². The second-order valence-corrected chi connectivity index (χ2v) is 7.94. The molecule has 23 heavy (non-hydrogen) atoms. The molecule has 1 aromatic carbocycles. The molecule has 0 saturated carbocycles. The van der Waals surface area contributed by atoms with Gasteiger partial charge in [-0.3, -0.25) is 9.69 Å². The minimum atomic E-state index is 0.109. The lowest BCUT2D eigenvalue weighted by molar-refractivity contribution is 0.0627. The molecule has 0 radical (unpaired) electrons. The molecular weight excluding hydrogens is 374 g/mol. The van der Waals surface area contributed by atoms with E-state index in [-0.39, 0.29) is 5.91 Å². The molecule has 2 heterocycles. The van der Waals surface area contributed by atoms with Crippen LogP contribution in [0.4, 0.5) is 0 Å². The van der Waals surface area contributed by atoms with Crippen LogP contribution in [0.15, 0.2) is 28.7 Å². The number of rotatable bonds is 3. The van der Waals surface area contributed by atoms with E-state index in [4.69, 9.17) is 0 Å². The van der Waals surface area contributed by atoms with E-state index in [1.165, 1.54) is 9.88 Å². The van der Waals surface area contributed by atoms with Crippen LogP contribution in [0.25, 0.3) is 0 Å². The van der Waals surface area contributed by atoms with Crippen LogP contribution >= 0.6 is 27.3 Å². The summed E-state index contributed by atoms with van der Waals surface area (Å²) < 4.78 is 0.862. The van der Waals surface area contributed by atoms with Crippen molar-refractivity contribution in [3.05, 3.63) is 49.9 Å². The number of aromatic nitrogens is 1. The molecule has 4 nitrogen and oxygen atoms in total. The van der Waals surface area contributed by atoms with Crippen molar-refractivity contribution < 1.29 is 4.79 Å². The van der Waals surface area contributed by atoms with Crippen molar-refractivity contribution in [1.82, 2.24) is 14.8 Å². The van der Waals surface area contributed by atoms with Crippen LogP contribution in [0.5, 0.6) is 0 Å². The lowest BCUT2D eigenvalue weighted by Gasteiger charge is -2.34. The smallest absolute Gasteiger partial charge is 0.255 e. The largest absolute Gasteiger partial charge is 0.336 e. The van der Waals surface area contributed by atoms with Gasteiger partial charge in [0.2, 0.25) is 0 Å². The first kappa shape index (κ1) is 16.6. The molecular formula is C17H20BrN3OS. The summed E-state index contributed by atoms with van der Waals surface area (Å²) in [5.41, 5.74) is 1.87. The molecule has 1 saturated heterocycles. The molecule has 122 valence electrons. The maximum absolute atomic E-state index is 12.6. The Morgan fingerprint density at radius 2 is 1.91 bits per heavy atom. The predicted octanol–water partition coefficient (Wildman–Crippen LogP) is 3.48. The number of carbonyl (C=O) groups excluding carboxylic acids is 1. The van der Waals surface area contributed by atoms with Gasteiger partial charge in [0.1, 0.15) is 5.01 Å². The van der Waals surface area contributed by atoms with E-state index >= 15 is 0 Å². The van der Waals surface area contributed by atoms with Crippen LogP contribution in [0.1, 0.15) is 25.9 Å². The van der Waals surface area contributed by atoms with Crippen molar-refractivity contribution >= 4 is 33.2 Å². The van der Waals surface area contributed by atoms with E-state index in [9.17, 15) is 4.79 Å². The molecule has 0 spiro atoms. The van der Waals surface area contributed by atoms with Gasteiger partial charge < -0.3 is 4.90 Å². The Balaban J connectivity index is 1.58. The zero-order chi connectivity index (χ0) is 16.4. The fourth-order valence-corrected chi connectivity index (χ4v) is 4.14. The Bertz CT molecular complexity index is 688. The van der Waals surface area contributed by atoms with E-state index in [1.54, 1.807) is 11.3 Å². The van der Waals surface area contributed by atoms with Gasteiger partial charge in [-0.15, -0.1) is 11.3 Å². The molecule has 1 aliphatic heterocycles. The fraction of sp³-hybridized carbons (Fsp3) is 0.412. The number of hydrogen-bond acceptors (Lipinski definition) is 4. The molecule has 2 aromatic rings. The number of hydrogen-bond donors (Lipinski definition) is 0. The Hall–Kier alpha value is -1.24. The van der Waals surface area contributed by atoms with Gasteiger partial charge in [-0.1, -0.05) is 12.1 Å². The van der Waals surface area contributed by atoms with Gasteiger partial charge >= 0.3 is 0 Å². The summed E-state index contributed by atoms with van der Waals surface area (Å²) in [6, 6.07) is 7.62. The van der Waals surface area contributed by atoms with Crippen LogP contribution in [0.2, 0.25) is 0 Å². The van der Waals surface area contributed by atoms with E-state index in [2.05, 4.69) is 39.7 Å². The van der Waals surface area contributed by atoms with Gasteiger partial charge in [0, 0.05) is 35.5 Å². The maximum Gasteiger partial charge on any atom is 0.255 e. The molecule has 3 rings (SSSR count). The fourth-order valence-electron chi connectivity index (χ4n) is 2.71. The van der Waals surface area contributed by atoms with Crippen molar-refractivity contribution in [2.24, 2.45) is 0 Å². The molecule has 0 unspecified atom stereocenters. The van der Waals surface area contributed by atoms with Crippen molar-refractivity contribution in [3.8, 4) is 0 Å². The Morgan fingerprint density at radius 3 is 2.52 bits per heavy atom. The number of aryl methyl sites for hydroxylation is 2. The number of nitrogens with zero attached hydrogens (tertiary/aromatic N) is 3. The number of thiazole rings is 1. The second kappa shape index (κ2) is 7.11. The molecule has 1 aromatic heterocycles. The van der Waals surface area contributed by atoms with Crippen LogP contribution in [0, 0.1) is 13.8 Å². The Labute approximate surface area is 149 Å². The van der Waals surface area contributed by atoms with E-state index < -0.39 is 0 Å². The van der Waals surface area contributed by atoms with Gasteiger partial charge in [0.05, 0.1) is 17.8 Å². The summed E-state index contributed by atoms with van der Waals surface area (Å²) in [6.07, 6.45) is 0. The summed E-state index contributed by atoms with van der Waals surface area (Å²) in [4.78, 5) is 22.8. The normalized spacial score (nSPS) is 15.9. The first-order valence-corrected chi connectivity index (χ1v) is 9.34. The van der Waals surface area contributed by atoms with Crippen LogP contribution in [-0.2, 0) is 6.54 Å². The third-order valence-corrected chi connectivity index (χ3v) is 5.94. The third-order valence-electron chi connectivity index (χ3n) is 4.20. The average Bonchev–Trinajstić information content (AvgIpc) is 2.86. The summed E-state index contributed by atoms with van der Waals surface area (Å²) in [6.45, 7) is 8.39. The molecule has 6 heteroatoms. The van der Waals surface area contributed by atoms with Crippen molar-refractivity contribution in [3.63, 3.8) is 0 Å². The first-order chi connectivity index (χ1) is 11.0. The number of halogens is 1. The molecule has 0 aliphatic carbocycles. The van der Waals surface area contributed by atoms with Gasteiger partial charge in [-0.2, -0.15) is 0 Å². The topological polar surface area (TPSA) is 36.4 Å². The van der Waals surface area contributed by atoms with Gasteiger partial charge in [-0.25, -0.2) is 4.98 Å². The van der Waals surface area contributed by atoms with E-state index in [0.717, 1.165) is 48.5 Å². The summed E-state index contributed by atoms with van der Waals surface area (Å²) in [7, 11) is 0. The van der Waals surface area contributed by atoms with Crippen LogP contribution in [0.3, 0.4) is 0 Å². The van der Waals surface area contributed by atoms with Crippen LogP contribution in [-0.4, -0.2) is 46.9 Å². The van der Waals surface area contributed by atoms with E-state index in [1.807, 2.05) is 29.2 Å². The minimum absolute atomic E-state index is 0.109. The Kier molecular flexibility index (Phi) is 5.14. The highest BCUT2D eigenvalue weighted by atomic mass is 79.9. The maximum atomic E-state index is 12.6. The number of carbonyl (C=O) groups is 1. The van der Waals surface area contributed by atoms with Gasteiger partial charge in [0.25, 0.3) is 5.91 Å². The number of benzene rings is 1. The standard InChI is InChI=1S/C17H20BrN3OS/c1-12-13(2)23-16(19-12)11-20-7-9-21(10-8-20)17(22)14-5-3-4-6-15(14)18/h3-6H,7-11H2,1-2H3. The number of amides is 1. The molecule has 1 aliphatic rings. The molecule has 0 atom stereocenters. The van der Waals surface area contributed by atoms with Crippen molar-refractivity contribution in [2.45, 2.75) is 20.4 Å². The van der Waals surface area contributed by atoms with E-state index in [0.29, 0.717) is 0 Å². The lowest BCUT2D eigenvalue weighted by Crippen LogP contribution is -2.48. The monoisotopic (exact) mass is 393 g/mol. The highest BCUT2D eigenvalue weighted by molar-refractivity contribution is 9.10. The zero-order valence-corrected chi connectivity index (χ0v) is 15.8. The minimum Gasteiger partial charge on any atom is -0.336 e. The Morgan fingerprint density at radius 1 is 1.22 bits per heavy atom. The van der Waals surface area contributed by atoms with Crippen molar-refractivity contribution in [1.29, 1.82) is 0 Å². The zero-order valence-electron chi connectivity index (χ0n) is 13.4. The predicted molar refractivity (Wildman–Crippen MR) is 96.9 cm³/mol. The highest BCUT2D eigenvalue weighted by Crippen LogP contribution is 2.21. The summed E-state index contributed by atoms with van der Waals surface area (Å²) in [5.74, 6) is 0.109. The van der Waals surface area contributed by atoms with Crippen molar-refractivity contribution in [2.75, 3.05) is 26.2 Å². The second-order valence-electron chi connectivity index (χ2n) is 5.80. The quantitative estimate of drug-likeness (QED) is 0.800. The lowest BCUT2D eigenvalue weighted by atomic mass is 10.2.